The minimum Gasteiger partial charge on any atom is -0.480 e. The highest BCUT2D eigenvalue weighted by Gasteiger charge is 2.32. The number of carboxylic acids is 1. The smallest absolute Gasteiger partial charge is 0.326 e. The van der Waals surface area contributed by atoms with Gasteiger partial charge in [0.15, 0.2) is 0 Å². The van der Waals surface area contributed by atoms with Gasteiger partial charge in [0.2, 0.25) is 17.7 Å². The van der Waals surface area contributed by atoms with Crippen LogP contribution in [0.2, 0.25) is 0 Å². The van der Waals surface area contributed by atoms with E-state index in [1.807, 2.05) is 24.3 Å². The van der Waals surface area contributed by atoms with E-state index in [-0.39, 0.29) is 18.8 Å². The maximum absolute atomic E-state index is 13.2. The lowest BCUT2D eigenvalue weighted by atomic mass is 10.0. The first-order valence-corrected chi connectivity index (χ1v) is 12.8. The molecule has 0 saturated heterocycles. The van der Waals surface area contributed by atoms with E-state index in [0.717, 1.165) is 16.5 Å². The van der Waals surface area contributed by atoms with Crippen molar-refractivity contribution in [3.8, 4) is 0 Å². The fraction of sp³-hybridized carbons (Fsp3) is 0.538. The fourth-order valence-corrected chi connectivity index (χ4v) is 4.02. The molecule has 2 aromatic rings. The van der Waals surface area contributed by atoms with Crippen molar-refractivity contribution in [2.45, 2.75) is 76.7 Å². The summed E-state index contributed by atoms with van der Waals surface area (Å²) in [5, 5.41) is 28.0. The minimum absolute atomic E-state index is 0.0382. The second-order valence-electron chi connectivity index (χ2n) is 9.81. The lowest BCUT2D eigenvalue weighted by Gasteiger charge is -2.27. The molecule has 12 nitrogen and oxygen atoms in total. The summed E-state index contributed by atoms with van der Waals surface area (Å²) in [6.07, 6.45) is 1.97. The lowest BCUT2D eigenvalue weighted by molar-refractivity contribution is -0.142. The van der Waals surface area contributed by atoms with Crippen LogP contribution in [0.15, 0.2) is 30.5 Å². The molecule has 1 heterocycles. The van der Waals surface area contributed by atoms with Crippen LogP contribution in [-0.4, -0.2) is 75.7 Å². The third-order valence-corrected chi connectivity index (χ3v) is 6.36. The van der Waals surface area contributed by atoms with Gasteiger partial charge in [0, 0.05) is 23.5 Å². The van der Waals surface area contributed by atoms with Crippen molar-refractivity contribution in [3.63, 3.8) is 0 Å². The lowest BCUT2D eigenvalue weighted by Crippen LogP contribution is -2.59. The normalized spacial score (nSPS) is 15.3. The van der Waals surface area contributed by atoms with Crippen molar-refractivity contribution >= 4 is 34.6 Å². The fourth-order valence-electron chi connectivity index (χ4n) is 4.02. The summed E-state index contributed by atoms with van der Waals surface area (Å²) in [5.74, 6) is -3.56. The van der Waals surface area contributed by atoms with Crippen LogP contribution >= 0.6 is 0 Å². The van der Waals surface area contributed by atoms with E-state index in [9.17, 15) is 29.4 Å². The molecule has 1 aromatic heterocycles. The number of fused-ring (bicyclic) bond motifs is 1. The summed E-state index contributed by atoms with van der Waals surface area (Å²) in [6, 6.07) is 2.89. The van der Waals surface area contributed by atoms with E-state index in [0.29, 0.717) is 19.4 Å². The molecule has 38 heavy (non-hydrogen) atoms. The Bertz CT molecular complexity index is 1100. The molecule has 3 amide bonds. The molecule has 0 fully saturated rings. The Morgan fingerprint density at radius 2 is 1.61 bits per heavy atom. The van der Waals surface area contributed by atoms with E-state index >= 15 is 0 Å². The molecule has 0 bridgehead atoms. The van der Waals surface area contributed by atoms with Crippen molar-refractivity contribution in [2.75, 3.05) is 6.54 Å². The molecule has 0 aliphatic carbocycles. The standard InChI is InChI=1S/C26H40N6O6/c1-14(2)22(32-24(35)21(28)15(3)33)25(36)30-19(10-6-7-11-27)23(34)31-20(26(37)38)12-16-13-29-18-9-5-4-8-17(16)18/h4-5,8-9,13-15,19-22,29,33H,6-7,10-12,27-28H2,1-3H3,(H,30,36)(H,31,34)(H,32,35)(H,37,38). The Morgan fingerprint density at radius 1 is 0.947 bits per heavy atom. The van der Waals surface area contributed by atoms with Gasteiger partial charge in [-0.3, -0.25) is 14.4 Å². The molecule has 210 valence electrons. The predicted molar refractivity (Wildman–Crippen MR) is 143 cm³/mol. The van der Waals surface area contributed by atoms with Gasteiger partial charge in [-0.1, -0.05) is 32.0 Å². The van der Waals surface area contributed by atoms with Crippen molar-refractivity contribution in [3.05, 3.63) is 36.0 Å². The number of H-pyrrole nitrogens is 1. The second-order valence-corrected chi connectivity index (χ2v) is 9.81. The molecule has 5 unspecified atom stereocenters. The Kier molecular flexibility index (Phi) is 11.7. The average molecular weight is 533 g/mol. The summed E-state index contributed by atoms with van der Waals surface area (Å²) in [4.78, 5) is 53.8. The zero-order chi connectivity index (χ0) is 28.4. The number of aliphatic carboxylic acids is 1. The van der Waals surface area contributed by atoms with Crippen LogP contribution in [0, 0.1) is 5.92 Å². The molecule has 10 N–H and O–H groups in total. The summed E-state index contributed by atoms with van der Waals surface area (Å²) >= 11 is 0. The van der Waals surface area contributed by atoms with Crippen LogP contribution in [0.5, 0.6) is 0 Å². The first-order chi connectivity index (χ1) is 18.0. The predicted octanol–water partition coefficient (Wildman–Crippen LogP) is -0.257. The molecule has 2 rings (SSSR count). The molecule has 0 saturated carbocycles. The Balaban J connectivity index is 2.18. The van der Waals surface area contributed by atoms with E-state index in [1.165, 1.54) is 6.92 Å². The van der Waals surface area contributed by atoms with Crippen LogP contribution in [0.1, 0.15) is 45.6 Å². The number of nitrogens with one attached hydrogen (secondary N) is 4. The van der Waals surface area contributed by atoms with E-state index in [1.54, 1.807) is 20.0 Å². The molecule has 12 heteroatoms. The third kappa shape index (κ3) is 8.54. The number of nitrogens with two attached hydrogens (primary N) is 2. The number of aromatic nitrogens is 1. The van der Waals surface area contributed by atoms with Gasteiger partial charge in [0.1, 0.15) is 24.2 Å². The van der Waals surface area contributed by atoms with Gasteiger partial charge in [0.25, 0.3) is 0 Å². The number of amides is 3. The van der Waals surface area contributed by atoms with Crippen molar-refractivity contribution < 1.29 is 29.4 Å². The van der Waals surface area contributed by atoms with Crippen molar-refractivity contribution in [2.24, 2.45) is 17.4 Å². The SMILES string of the molecule is CC(C)C(NC(=O)C(N)C(C)O)C(=O)NC(CCCCN)C(=O)NC(Cc1c[nH]c2ccccc12)C(=O)O. The van der Waals surface area contributed by atoms with Gasteiger partial charge in [0.05, 0.1) is 6.10 Å². The van der Waals surface area contributed by atoms with Crippen LogP contribution < -0.4 is 27.4 Å². The van der Waals surface area contributed by atoms with Crippen LogP contribution in [0.25, 0.3) is 10.9 Å². The summed E-state index contributed by atoms with van der Waals surface area (Å²) in [5.41, 5.74) is 12.8. The van der Waals surface area contributed by atoms with Gasteiger partial charge in [-0.2, -0.15) is 0 Å². The molecule has 0 spiro atoms. The molecule has 5 atom stereocenters. The quantitative estimate of drug-likeness (QED) is 0.143. The first kappa shape index (κ1) is 30.7. The second kappa shape index (κ2) is 14.5. The number of aromatic amines is 1. The number of aliphatic hydroxyl groups excluding tert-OH is 1. The number of carboxylic acid groups (broad SMARTS) is 1. The number of aliphatic hydroxyl groups is 1. The highest BCUT2D eigenvalue weighted by molar-refractivity contribution is 5.94. The van der Waals surface area contributed by atoms with Crippen molar-refractivity contribution in [1.82, 2.24) is 20.9 Å². The third-order valence-electron chi connectivity index (χ3n) is 6.36. The van der Waals surface area contributed by atoms with Gasteiger partial charge in [-0.05, 0) is 50.3 Å². The van der Waals surface area contributed by atoms with E-state index in [2.05, 4.69) is 20.9 Å². The van der Waals surface area contributed by atoms with Crippen molar-refractivity contribution in [1.29, 1.82) is 0 Å². The van der Waals surface area contributed by atoms with E-state index < -0.39 is 54.0 Å². The highest BCUT2D eigenvalue weighted by atomic mass is 16.4. The highest BCUT2D eigenvalue weighted by Crippen LogP contribution is 2.19. The van der Waals surface area contributed by atoms with Gasteiger partial charge < -0.3 is 42.6 Å². The molecular weight excluding hydrogens is 492 g/mol. The summed E-state index contributed by atoms with van der Waals surface area (Å²) in [6.45, 7) is 5.18. The number of unbranched alkanes of at least 4 members (excludes halogenated alkanes) is 1. The molecular formula is C26H40N6O6. The zero-order valence-electron chi connectivity index (χ0n) is 22.1. The van der Waals surface area contributed by atoms with Gasteiger partial charge in [-0.25, -0.2) is 4.79 Å². The number of carbonyl (C=O) groups is 4. The average Bonchev–Trinajstić information content (AvgIpc) is 3.27. The Hall–Kier alpha value is -3.48. The van der Waals surface area contributed by atoms with Crippen LogP contribution in [0.3, 0.4) is 0 Å². The molecule has 0 aliphatic heterocycles. The summed E-state index contributed by atoms with van der Waals surface area (Å²) < 4.78 is 0. The van der Waals surface area contributed by atoms with E-state index in [4.69, 9.17) is 11.5 Å². The molecule has 1 aromatic carbocycles. The maximum atomic E-state index is 13.2. The Morgan fingerprint density at radius 3 is 2.21 bits per heavy atom. The minimum atomic E-state index is -1.24. The number of hydrogen-bond acceptors (Lipinski definition) is 7. The molecule has 0 aliphatic rings. The first-order valence-electron chi connectivity index (χ1n) is 12.8. The van der Waals surface area contributed by atoms with Crippen LogP contribution in [-0.2, 0) is 25.6 Å². The van der Waals surface area contributed by atoms with Gasteiger partial charge in [-0.15, -0.1) is 0 Å². The largest absolute Gasteiger partial charge is 0.480 e. The number of carbonyl (C=O) groups excluding carboxylic acids is 3. The molecule has 0 radical (unpaired) electrons. The number of benzene rings is 1. The van der Waals surface area contributed by atoms with Gasteiger partial charge >= 0.3 is 5.97 Å². The summed E-state index contributed by atoms with van der Waals surface area (Å²) in [7, 11) is 0. The number of para-hydroxylation sites is 1. The van der Waals surface area contributed by atoms with Crippen LogP contribution in [0.4, 0.5) is 0 Å². The monoisotopic (exact) mass is 532 g/mol. The number of rotatable bonds is 15. The zero-order valence-corrected chi connectivity index (χ0v) is 22.1. The Labute approximate surface area is 221 Å². The topological polar surface area (TPSA) is 213 Å². The number of hydrogen-bond donors (Lipinski definition) is 8. The maximum Gasteiger partial charge on any atom is 0.326 e.